The molecule has 2 N–H and O–H groups in total. The monoisotopic (exact) mass is 240 g/mol. The normalized spacial score (nSPS) is 32.7. The number of carbonyl (C=O) groups excluding carboxylic acids is 1. The summed E-state index contributed by atoms with van der Waals surface area (Å²) in [6.45, 7) is 7.32. The summed E-state index contributed by atoms with van der Waals surface area (Å²) in [5.74, 6) is 1.21. The molecule has 0 aromatic carbocycles. The quantitative estimate of drug-likeness (QED) is 0.762. The number of likely N-dealkylation sites (tertiary alicyclic amines) is 1. The molecule has 17 heavy (non-hydrogen) atoms. The predicted octanol–water partition coefficient (Wildman–Crippen LogP) is 1.98. The van der Waals surface area contributed by atoms with E-state index < -0.39 is 5.60 Å². The topological polar surface area (TPSA) is 55.6 Å². The zero-order valence-electron chi connectivity index (χ0n) is 11.1. The zero-order chi connectivity index (χ0) is 12.6. The van der Waals surface area contributed by atoms with Gasteiger partial charge in [0.05, 0.1) is 0 Å². The molecule has 98 valence electrons. The Morgan fingerprint density at radius 3 is 2.65 bits per heavy atom. The van der Waals surface area contributed by atoms with Crippen LogP contribution in [0.15, 0.2) is 0 Å². The Morgan fingerprint density at radius 2 is 2.06 bits per heavy atom. The molecule has 0 bridgehead atoms. The van der Waals surface area contributed by atoms with Crippen molar-refractivity contribution in [1.82, 2.24) is 4.90 Å². The van der Waals surface area contributed by atoms with Crippen LogP contribution in [0.25, 0.3) is 0 Å². The molecule has 2 aliphatic rings. The number of ether oxygens (including phenoxy) is 1. The summed E-state index contributed by atoms with van der Waals surface area (Å²) in [5, 5.41) is 0. The van der Waals surface area contributed by atoms with Crippen LogP contribution in [-0.4, -0.2) is 35.7 Å². The van der Waals surface area contributed by atoms with Gasteiger partial charge in [0.25, 0.3) is 0 Å². The highest BCUT2D eigenvalue weighted by atomic mass is 16.6. The largest absolute Gasteiger partial charge is 0.444 e. The van der Waals surface area contributed by atoms with Crippen LogP contribution in [-0.2, 0) is 4.74 Å². The molecule has 1 saturated carbocycles. The van der Waals surface area contributed by atoms with Crippen molar-refractivity contribution in [3.8, 4) is 0 Å². The van der Waals surface area contributed by atoms with Crippen molar-refractivity contribution in [2.24, 2.45) is 17.6 Å². The van der Waals surface area contributed by atoms with Crippen LogP contribution in [0, 0.1) is 11.8 Å². The highest BCUT2D eigenvalue weighted by Gasteiger charge is 2.45. The maximum absolute atomic E-state index is 12.1. The third-order valence-electron chi connectivity index (χ3n) is 3.97. The molecule has 2 rings (SSSR count). The van der Waals surface area contributed by atoms with Crippen LogP contribution < -0.4 is 5.73 Å². The molecule has 0 spiro atoms. The Hall–Kier alpha value is -0.770. The van der Waals surface area contributed by atoms with Crippen molar-refractivity contribution in [2.45, 2.75) is 51.7 Å². The summed E-state index contributed by atoms with van der Waals surface area (Å²) in [4.78, 5) is 14.0. The van der Waals surface area contributed by atoms with Gasteiger partial charge in [0.2, 0.25) is 0 Å². The summed E-state index contributed by atoms with van der Waals surface area (Å²) >= 11 is 0. The lowest BCUT2D eigenvalue weighted by Gasteiger charge is -2.28. The van der Waals surface area contributed by atoms with Gasteiger partial charge >= 0.3 is 6.09 Å². The average molecular weight is 240 g/mol. The minimum Gasteiger partial charge on any atom is -0.444 e. The number of rotatable bonds is 1. The Labute approximate surface area is 103 Å². The molecular formula is C13H24N2O2. The van der Waals surface area contributed by atoms with Gasteiger partial charge in [-0.25, -0.2) is 4.79 Å². The van der Waals surface area contributed by atoms with Gasteiger partial charge in [-0.15, -0.1) is 0 Å². The van der Waals surface area contributed by atoms with E-state index in [0.29, 0.717) is 17.9 Å². The van der Waals surface area contributed by atoms with E-state index in [1.54, 1.807) is 0 Å². The number of nitrogens with two attached hydrogens (primary N) is 1. The van der Waals surface area contributed by atoms with Gasteiger partial charge in [-0.3, -0.25) is 0 Å². The molecule has 4 nitrogen and oxygen atoms in total. The van der Waals surface area contributed by atoms with Gasteiger partial charge in [-0.2, -0.15) is 0 Å². The Kier molecular flexibility index (Phi) is 3.34. The van der Waals surface area contributed by atoms with E-state index in [4.69, 9.17) is 10.5 Å². The van der Waals surface area contributed by atoms with Gasteiger partial charge < -0.3 is 15.4 Å². The summed E-state index contributed by atoms with van der Waals surface area (Å²) in [5.41, 5.74) is 5.38. The Morgan fingerprint density at radius 1 is 1.35 bits per heavy atom. The van der Waals surface area contributed by atoms with Crippen molar-refractivity contribution in [3.05, 3.63) is 0 Å². The van der Waals surface area contributed by atoms with E-state index in [-0.39, 0.29) is 6.09 Å². The van der Waals surface area contributed by atoms with E-state index in [9.17, 15) is 4.79 Å². The summed E-state index contributed by atoms with van der Waals surface area (Å²) < 4.78 is 5.45. The molecule has 3 unspecified atom stereocenters. The van der Waals surface area contributed by atoms with Crippen molar-refractivity contribution in [1.29, 1.82) is 0 Å². The van der Waals surface area contributed by atoms with Crippen molar-refractivity contribution in [2.75, 3.05) is 13.1 Å². The second-order valence-corrected chi connectivity index (χ2v) is 6.27. The third kappa shape index (κ3) is 2.57. The lowest BCUT2D eigenvalue weighted by atomic mass is 9.93. The first kappa shape index (κ1) is 12.7. The molecule has 1 heterocycles. The van der Waals surface area contributed by atoms with Crippen LogP contribution in [0.2, 0.25) is 0 Å². The Balaban J connectivity index is 1.98. The predicted molar refractivity (Wildman–Crippen MR) is 66.6 cm³/mol. The van der Waals surface area contributed by atoms with Gasteiger partial charge in [0, 0.05) is 12.6 Å². The average Bonchev–Trinajstić information content (AvgIpc) is 2.73. The maximum Gasteiger partial charge on any atom is 0.410 e. The second kappa shape index (κ2) is 4.48. The molecule has 1 amide bonds. The van der Waals surface area contributed by atoms with E-state index in [2.05, 4.69) is 0 Å². The van der Waals surface area contributed by atoms with Crippen LogP contribution >= 0.6 is 0 Å². The van der Waals surface area contributed by atoms with E-state index in [1.165, 1.54) is 0 Å². The van der Waals surface area contributed by atoms with Gasteiger partial charge in [0.1, 0.15) is 5.60 Å². The fourth-order valence-electron chi connectivity index (χ4n) is 3.24. The molecule has 4 heteroatoms. The first-order chi connectivity index (χ1) is 7.92. The van der Waals surface area contributed by atoms with Gasteiger partial charge in [-0.05, 0) is 58.4 Å². The number of amides is 1. The smallest absolute Gasteiger partial charge is 0.410 e. The highest BCUT2D eigenvalue weighted by molar-refractivity contribution is 5.69. The van der Waals surface area contributed by atoms with Crippen LogP contribution in [0.1, 0.15) is 40.0 Å². The van der Waals surface area contributed by atoms with Crippen LogP contribution in [0.3, 0.4) is 0 Å². The lowest BCUT2D eigenvalue weighted by molar-refractivity contribution is 0.0216. The van der Waals surface area contributed by atoms with E-state index in [0.717, 1.165) is 32.4 Å². The minimum atomic E-state index is -0.402. The minimum absolute atomic E-state index is 0.150. The van der Waals surface area contributed by atoms with Gasteiger partial charge in [0.15, 0.2) is 0 Å². The van der Waals surface area contributed by atoms with Crippen molar-refractivity contribution in [3.63, 3.8) is 0 Å². The summed E-state index contributed by atoms with van der Waals surface area (Å²) in [6, 6.07) is 0.374. The number of hydrogen-bond donors (Lipinski definition) is 1. The summed E-state index contributed by atoms with van der Waals surface area (Å²) in [6.07, 6.45) is 3.19. The number of hydrogen-bond acceptors (Lipinski definition) is 3. The Bertz CT molecular complexity index is 298. The van der Waals surface area contributed by atoms with Gasteiger partial charge in [-0.1, -0.05) is 0 Å². The first-order valence-electron chi connectivity index (χ1n) is 6.62. The van der Waals surface area contributed by atoms with E-state index in [1.807, 2.05) is 25.7 Å². The fourth-order valence-corrected chi connectivity index (χ4v) is 3.24. The number of fused-ring (bicyclic) bond motifs is 1. The zero-order valence-corrected chi connectivity index (χ0v) is 11.1. The molecule has 0 radical (unpaired) electrons. The lowest BCUT2D eigenvalue weighted by Crippen LogP contribution is -2.40. The molecular weight excluding hydrogens is 216 g/mol. The third-order valence-corrected chi connectivity index (χ3v) is 3.97. The maximum atomic E-state index is 12.1. The molecule has 1 aliphatic carbocycles. The first-order valence-corrected chi connectivity index (χ1v) is 6.62. The van der Waals surface area contributed by atoms with E-state index >= 15 is 0 Å². The highest BCUT2D eigenvalue weighted by Crippen LogP contribution is 2.42. The van der Waals surface area contributed by atoms with Crippen molar-refractivity contribution < 1.29 is 9.53 Å². The number of carbonyl (C=O) groups is 1. The molecule has 1 saturated heterocycles. The van der Waals surface area contributed by atoms with Crippen LogP contribution in [0.4, 0.5) is 4.79 Å². The van der Waals surface area contributed by atoms with Crippen molar-refractivity contribution >= 4 is 6.09 Å². The number of nitrogens with zero attached hydrogens (tertiary/aromatic N) is 1. The fraction of sp³-hybridized carbons (Fsp3) is 0.923. The standard InChI is InChI=1S/C13H24N2O2/c1-13(2,3)17-12(16)15-7-6-10-9(8-14)4-5-11(10)15/h9-11H,4-8,14H2,1-3H3. The molecule has 2 fully saturated rings. The second-order valence-electron chi connectivity index (χ2n) is 6.27. The molecule has 0 aromatic heterocycles. The molecule has 1 aliphatic heterocycles. The summed E-state index contributed by atoms with van der Waals surface area (Å²) in [7, 11) is 0. The molecule has 3 atom stereocenters. The molecule has 0 aromatic rings. The SMILES string of the molecule is CC(C)(C)OC(=O)N1CCC2C(CN)CCC21. The van der Waals surface area contributed by atoms with Crippen LogP contribution in [0.5, 0.6) is 0 Å².